The van der Waals surface area contributed by atoms with Gasteiger partial charge < -0.3 is 19.4 Å². The lowest BCUT2D eigenvalue weighted by Gasteiger charge is -2.35. The molecule has 2 heterocycles. The number of benzene rings is 2. The lowest BCUT2D eigenvalue weighted by Crippen LogP contribution is -2.32. The number of carbonyl (C=O) groups is 1. The summed E-state index contributed by atoms with van der Waals surface area (Å²) in [7, 11) is 3.46. The Kier molecular flexibility index (Phi) is 5.09. The monoisotopic (exact) mass is 392 g/mol. The van der Waals surface area contributed by atoms with Gasteiger partial charge in [-0.05, 0) is 68.5 Å². The zero-order valence-corrected chi connectivity index (χ0v) is 17.5. The topological polar surface area (TPSA) is 54.6 Å². The Bertz CT molecular complexity index is 1020. The van der Waals surface area contributed by atoms with Crippen molar-refractivity contribution >= 4 is 22.5 Å². The van der Waals surface area contributed by atoms with E-state index in [1.54, 1.807) is 19.1 Å². The van der Waals surface area contributed by atoms with E-state index in [0.717, 1.165) is 41.8 Å². The molecule has 1 amide bonds. The summed E-state index contributed by atoms with van der Waals surface area (Å²) in [5.41, 5.74) is 3.37. The molecule has 0 bridgehead atoms. The molecule has 1 fully saturated rings. The third kappa shape index (κ3) is 3.87. The largest absolute Gasteiger partial charge is 0.495 e. The molecule has 4 rings (SSSR count). The fraction of sp³-hybridized carbons (Fsp3) is 0.375. The average molecular weight is 392 g/mol. The second-order valence-corrected chi connectivity index (χ2v) is 8.37. The number of nitrogens with zero attached hydrogens (tertiary/aromatic N) is 1. The molecule has 0 spiro atoms. The third-order valence-electron chi connectivity index (χ3n) is 5.78. The Hall–Kier alpha value is -2.79. The van der Waals surface area contributed by atoms with Crippen molar-refractivity contribution in [1.82, 2.24) is 4.98 Å². The first kappa shape index (κ1) is 19.5. The van der Waals surface area contributed by atoms with Crippen molar-refractivity contribution in [2.75, 3.05) is 25.7 Å². The van der Waals surface area contributed by atoms with E-state index in [1.807, 2.05) is 36.4 Å². The van der Waals surface area contributed by atoms with E-state index in [1.165, 1.54) is 5.56 Å². The van der Waals surface area contributed by atoms with E-state index in [9.17, 15) is 4.79 Å². The Balaban J connectivity index is 1.69. The number of hydrogen-bond donors (Lipinski definition) is 1. The Morgan fingerprint density at radius 1 is 1.21 bits per heavy atom. The Morgan fingerprint density at radius 3 is 2.66 bits per heavy atom. The number of anilines is 1. The number of aromatic amines is 1. The highest BCUT2D eigenvalue weighted by Gasteiger charge is 2.30. The third-order valence-corrected chi connectivity index (χ3v) is 5.78. The van der Waals surface area contributed by atoms with Gasteiger partial charge in [-0.25, -0.2) is 0 Å². The maximum absolute atomic E-state index is 13.0. The molecule has 0 aliphatic carbocycles. The molecule has 29 heavy (non-hydrogen) atoms. The van der Waals surface area contributed by atoms with Gasteiger partial charge in [0.1, 0.15) is 11.4 Å². The van der Waals surface area contributed by atoms with E-state index < -0.39 is 0 Å². The number of ether oxygens (including phenoxy) is 2. The van der Waals surface area contributed by atoms with Crippen molar-refractivity contribution in [1.29, 1.82) is 0 Å². The van der Waals surface area contributed by atoms with Gasteiger partial charge in [-0.15, -0.1) is 0 Å². The standard InChI is InChI=1S/C24H28N2O3/c1-24(2)15-16(10-11-29-24)17-12-18-13-20(25-22(18)21(14-17)28-4)23(27)26(3)19-8-6-5-7-9-19/h5-9,12-14,16,25H,10-11,15H2,1-4H3/t16-/m0/s1. The summed E-state index contributed by atoms with van der Waals surface area (Å²) in [6.07, 6.45) is 1.96. The fourth-order valence-electron chi connectivity index (χ4n) is 4.21. The molecule has 2 aromatic carbocycles. The van der Waals surface area contributed by atoms with Crippen LogP contribution in [0.25, 0.3) is 10.9 Å². The molecule has 152 valence electrons. The summed E-state index contributed by atoms with van der Waals surface area (Å²) in [5.74, 6) is 1.10. The summed E-state index contributed by atoms with van der Waals surface area (Å²) in [5, 5.41) is 0.994. The van der Waals surface area contributed by atoms with Crippen LogP contribution in [-0.4, -0.2) is 37.3 Å². The predicted octanol–water partition coefficient (Wildman–Crippen LogP) is 5.13. The number of para-hydroxylation sites is 1. The van der Waals surface area contributed by atoms with Crippen molar-refractivity contribution in [3.05, 3.63) is 59.8 Å². The summed E-state index contributed by atoms with van der Waals surface area (Å²) >= 11 is 0. The number of fused-ring (bicyclic) bond motifs is 1. The highest BCUT2D eigenvalue weighted by molar-refractivity contribution is 6.07. The SMILES string of the molecule is COc1cc([C@H]2CCOC(C)(C)C2)cc2cc(C(=O)N(C)c3ccccc3)[nH]c12. The lowest BCUT2D eigenvalue weighted by atomic mass is 9.83. The zero-order chi connectivity index (χ0) is 20.6. The molecule has 5 heteroatoms. The first-order valence-corrected chi connectivity index (χ1v) is 10.1. The van der Waals surface area contributed by atoms with Crippen molar-refractivity contribution in [3.63, 3.8) is 0 Å². The summed E-state index contributed by atoms with van der Waals surface area (Å²) in [6.45, 7) is 5.04. The van der Waals surface area contributed by atoms with E-state index in [4.69, 9.17) is 9.47 Å². The van der Waals surface area contributed by atoms with E-state index in [-0.39, 0.29) is 11.5 Å². The summed E-state index contributed by atoms with van der Waals surface area (Å²) < 4.78 is 11.5. The maximum atomic E-state index is 13.0. The minimum Gasteiger partial charge on any atom is -0.495 e. The van der Waals surface area contributed by atoms with Gasteiger partial charge in [0.15, 0.2) is 0 Å². The van der Waals surface area contributed by atoms with Crippen LogP contribution in [0.5, 0.6) is 5.75 Å². The van der Waals surface area contributed by atoms with Gasteiger partial charge in [-0.1, -0.05) is 18.2 Å². The van der Waals surface area contributed by atoms with Gasteiger partial charge in [0.25, 0.3) is 5.91 Å². The van der Waals surface area contributed by atoms with Crippen LogP contribution in [0.3, 0.4) is 0 Å². The molecule has 0 saturated carbocycles. The van der Waals surface area contributed by atoms with Crippen LogP contribution >= 0.6 is 0 Å². The first-order chi connectivity index (χ1) is 13.9. The number of hydrogen-bond acceptors (Lipinski definition) is 3. The number of nitrogens with one attached hydrogen (secondary N) is 1. The van der Waals surface area contributed by atoms with E-state index in [0.29, 0.717) is 11.6 Å². The summed E-state index contributed by atoms with van der Waals surface area (Å²) in [4.78, 5) is 17.9. The molecule has 3 aromatic rings. The first-order valence-electron chi connectivity index (χ1n) is 10.1. The average Bonchev–Trinajstić information content (AvgIpc) is 3.16. The van der Waals surface area contributed by atoms with Gasteiger partial charge in [-0.2, -0.15) is 0 Å². The minimum atomic E-state index is -0.122. The molecule has 1 aliphatic heterocycles. The van der Waals surface area contributed by atoms with Gasteiger partial charge >= 0.3 is 0 Å². The quantitative estimate of drug-likeness (QED) is 0.670. The Labute approximate surface area is 171 Å². The van der Waals surface area contributed by atoms with Crippen LogP contribution in [0.1, 0.15) is 48.7 Å². The van der Waals surface area contributed by atoms with Gasteiger partial charge in [0.2, 0.25) is 0 Å². The molecule has 1 aliphatic rings. The highest BCUT2D eigenvalue weighted by atomic mass is 16.5. The van der Waals surface area contributed by atoms with Crippen LogP contribution in [0.2, 0.25) is 0 Å². The Morgan fingerprint density at radius 2 is 1.97 bits per heavy atom. The molecule has 0 unspecified atom stereocenters. The normalized spacial score (nSPS) is 18.6. The molecule has 1 aromatic heterocycles. The zero-order valence-electron chi connectivity index (χ0n) is 17.5. The molecule has 1 N–H and O–H groups in total. The van der Waals surface area contributed by atoms with E-state index in [2.05, 4.69) is 31.0 Å². The van der Waals surface area contributed by atoms with Crippen LogP contribution in [0.4, 0.5) is 5.69 Å². The van der Waals surface area contributed by atoms with Crippen LogP contribution in [0.15, 0.2) is 48.5 Å². The van der Waals surface area contributed by atoms with E-state index >= 15 is 0 Å². The molecule has 1 atom stereocenters. The molecule has 5 nitrogen and oxygen atoms in total. The number of methoxy groups -OCH3 is 1. The van der Waals surface area contributed by atoms with Crippen LogP contribution in [0, 0.1) is 0 Å². The van der Waals surface area contributed by atoms with Crippen molar-refractivity contribution in [2.45, 2.75) is 38.2 Å². The molecule has 0 radical (unpaired) electrons. The highest BCUT2D eigenvalue weighted by Crippen LogP contribution is 2.39. The van der Waals surface area contributed by atoms with Gasteiger partial charge in [-0.3, -0.25) is 4.79 Å². The molecular weight excluding hydrogens is 364 g/mol. The van der Waals surface area contributed by atoms with Crippen molar-refractivity contribution in [3.8, 4) is 5.75 Å². The van der Waals surface area contributed by atoms with Gasteiger partial charge in [0, 0.05) is 24.7 Å². The minimum absolute atomic E-state index is 0.0804. The smallest absolute Gasteiger partial charge is 0.274 e. The molecular formula is C24H28N2O3. The molecule has 1 saturated heterocycles. The second kappa shape index (κ2) is 7.56. The number of carbonyl (C=O) groups excluding carboxylic acids is 1. The number of aromatic nitrogens is 1. The number of rotatable bonds is 4. The van der Waals surface area contributed by atoms with Crippen LogP contribution in [-0.2, 0) is 4.74 Å². The van der Waals surface area contributed by atoms with Crippen molar-refractivity contribution < 1.29 is 14.3 Å². The fourth-order valence-corrected chi connectivity index (χ4v) is 4.21. The summed E-state index contributed by atoms with van der Waals surface area (Å²) in [6, 6.07) is 15.8. The number of H-pyrrole nitrogens is 1. The van der Waals surface area contributed by atoms with Gasteiger partial charge in [0.05, 0.1) is 18.2 Å². The number of amides is 1. The second-order valence-electron chi connectivity index (χ2n) is 8.37. The maximum Gasteiger partial charge on any atom is 0.274 e. The van der Waals surface area contributed by atoms with Crippen LogP contribution < -0.4 is 9.64 Å². The predicted molar refractivity (Wildman–Crippen MR) is 116 cm³/mol. The lowest BCUT2D eigenvalue weighted by molar-refractivity contribution is -0.0593. The van der Waals surface area contributed by atoms with Crippen molar-refractivity contribution in [2.24, 2.45) is 0 Å².